The quantitative estimate of drug-likeness (QED) is 0.659. The fourth-order valence-corrected chi connectivity index (χ4v) is 2.97. The van der Waals surface area contributed by atoms with E-state index in [1.54, 1.807) is 24.3 Å². The first kappa shape index (κ1) is 8.42. The van der Waals surface area contributed by atoms with E-state index in [9.17, 15) is 4.21 Å². The van der Waals surface area contributed by atoms with E-state index in [0.717, 1.165) is 7.11 Å². The topological polar surface area (TPSA) is 77.1 Å². The molecular weight excluding hydrogens is 338 g/mol. The summed E-state index contributed by atoms with van der Waals surface area (Å²) in [5.74, 6) is -1.66. The first-order valence-corrected chi connectivity index (χ1v) is 8.32. The number of nitrogens with zero attached hydrogens (tertiary/aromatic N) is 2. The van der Waals surface area contributed by atoms with Gasteiger partial charge in [0.25, 0.3) is 0 Å². The number of H-pyrrole nitrogens is 1. The lowest BCUT2D eigenvalue weighted by molar-refractivity contribution is 0.172. The van der Waals surface area contributed by atoms with Crippen molar-refractivity contribution >= 4 is 21.8 Å². The highest BCUT2D eigenvalue weighted by atomic mass is 32.2. The summed E-state index contributed by atoms with van der Waals surface area (Å²) in [5.41, 5.74) is -0.264. The van der Waals surface area contributed by atoms with Crippen LogP contribution < -0.4 is 4.74 Å². The van der Waals surface area contributed by atoms with Crippen LogP contribution in [0.2, 0.25) is 0 Å². The van der Waals surface area contributed by atoms with Gasteiger partial charge in [-0.25, -0.2) is 4.98 Å². The second-order valence-corrected chi connectivity index (χ2v) is 6.05. The Morgan fingerprint density at radius 3 is 3.08 bits per heavy atom. The zero-order chi connectivity index (χ0) is 27.3. The van der Waals surface area contributed by atoms with Crippen LogP contribution in [0.15, 0.2) is 41.6 Å². The predicted molar refractivity (Wildman–Crippen MR) is 97.2 cm³/mol. The number of benzene rings is 1. The maximum atomic E-state index is 13.0. The Kier molecular flexibility index (Phi) is 2.77. The van der Waals surface area contributed by atoms with Crippen molar-refractivity contribution < 1.29 is 28.8 Å². The van der Waals surface area contributed by atoms with E-state index in [1.165, 1.54) is 0 Å². The highest BCUT2D eigenvalue weighted by Gasteiger charge is 2.14. The molecule has 0 saturated heterocycles. The average molecular weight is 371 g/mol. The van der Waals surface area contributed by atoms with E-state index in [1.807, 2.05) is 0 Å². The summed E-state index contributed by atoms with van der Waals surface area (Å²) in [6.07, 6.45) is -4.35. The van der Waals surface area contributed by atoms with Crippen molar-refractivity contribution in [3.05, 3.63) is 47.7 Å². The van der Waals surface area contributed by atoms with Crippen molar-refractivity contribution in [2.45, 2.75) is 24.1 Å². The molecule has 0 bridgehead atoms. The van der Waals surface area contributed by atoms with Crippen LogP contribution in [0.5, 0.6) is 5.75 Å². The van der Waals surface area contributed by atoms with Crippen LogP contribution in [-0.2, 0) is 21.3 Å². The minimum absolute atomic E-state index is 0.0154. The molecular formula is C18H21N3O3S. The Morgan fingerprint density at radius 1 is 1.40 bits per heavy atom. The highest BCUT2D eigenvalue weighted by Crippen LogP contribution is 2.22. The second kappa shape index (κ2) is 8.22. The smallest absolute Gasteiger partial charge is 0.197 e. The van der Waals surface area contributed by atoms with Crippen molar-refractivity contribution in [3.8, 4) is 5.75 Å². The molecule has 1 aromatic carbocycles. The molecule has 7 heteroatoms. The van der Waals surface area contributed by atoms with E-state index >= 15 is 0 Å². The molecule has 2 heterocycles. The number of para-hydroxylation sites is 2. The molecule has 2 aromatic heterocycles. The summed E-state index contributed by atoms with van der Waals surface area (Å²) in [7, 11) is -1.22. The van der Waals surface area contributed by atoms with Crippen LogP contribution in [0.25, 0.3) is 11.0 Å². The number of methoxy groups -OCH3 is 1. The van der Waals surface area contributed by atoms with E-state index in [-0.39, 0.29) is 5.16 Å². The van der Waals surface area contributed by atoms with E-state index in [2.05, 4.69) is 19.7 Å². The van der Waals surface area contributed by atoms with Gasteiger partial charge in [0.2, 0.25) is 0 Å². The minimum Gasteiger partial charge on any atom is -0.493 e. The van der Waals surface area contributed by atoms with Gasteiger partial charge in [0.15, 0.2) is 5.16 Å². The monoisotopic (exact) mass is 370 g/mol. The summed E-state index contributed by atoms with van der Waals surface area (Å²) < 4.78 is 109. The Morgan fingerprint density at radius 2 is 2.28 bits per heavy atom. The number of aromatic amines is 1. The first-order chi connectivity index (χ1) is 16.4. The van der Waals surface area contributed by atoms with E-state index in [0.29, 0.717) is 11.0 Å². The third kappa shape index (κ3) is 4.24. The summed E-state index contributed by atoms with van der Waals surface area (Å²) in [6, 6.07) is 5.81. The fourth-order valence-electron chi connectivity index (χ4n) is 1.95. The van der Waals surface area contributed by atoms with Crippen molar-refractivity contribution in [3.63, 3.8) is 0 Å². The molecule has 3 aromatic rings. The van der Waals surface area contributed by atoms with Gasteiger partial charge in [0.05, 0.1) is 48.1 Å². The lowest BCUT2D eigenvalue weighted by Gasteiger charge is -2.11. The molecule has 0 aliphatic rings. The number of imidazole rings is 1. The summed E-state index contributed by atoms with van der Waals surface area (Å²) in [5, 5.41) is -0.0154. The van der Waals surface area contributed by atoms with E-state index in [4.69, 9.17) is 19.8 Å². The Balaban J connectivity index is 2.12. The molecule has 1 N–H and O–H groups in total. The molecule has 1 atom stereocenters. The second-order valence-electron chi connectivity index (χ2n) is 4.68. The third-order valence-electron chi connectivity index (χ3n) is 3.08. The molecule has 25 heavy (non-hydrogen) atoms. The van der Waals surface area contributed by atoms with Crippen LogP contribution in [0.3, 0.4) is 0 Å². The van der Waals surface area contributed by atoms with Gasteiger partial charge in [-0.3, -0.25) is 9.19 Å². The van der Waals surface area contributed by atoms with Gasteiger partial charge in [0, 0.05) is 38.6 Å². The maximum Gasteiger partial charge on any atom is 0.197 e. The number of nitrogens with one attached hydrogen (secondary N) is 1. The molecule has 1 unspecified atom stereocenters. The predicted octanol–water partition coefficient (Wildman–Crippen LogP) is 2.99. The molecule has 0 fully saturated rings. The van der Waals surface area contributed by atoms with Crippen LogP contribution in [0, 0.1) is 6.85 Å². The number of rotatable bonds is 8. The van der Waals surface area contributed by atoms with Crippen LogP contribution in [0.4, 0.5) is 0 Å². The van der Waals surface area contributed by atoms with Crippen molar-refractivity contribution in [2.75, 3.05) is 20.2 Å². The van der Waals surface area contributed by atoms with Crippen LogP contribution in [0.1, 0.15) is 32.7 Å². The van der Waals surface area contributed by atoms with Crippen LogP contribution >= 0.6 is 0 Å². The Hall–Kier alpha value is -2.25. The molecule has 0 saturated carbocycles. The summed E-state index contributed by atoms with van der Waals surface area (Å²) >= 11 is 0. The van der Waals surface area contributed by atoms with Gasteiger partial charge >= 0.3 is 0 Å². The number of fused-ring (bicyclic) bond motifs is 1. The molecule has 0 radical (unpaired) electrons. The van der Waals surface area contributed by atoms with Crippen molar-refractivity contribution in [2.24, 2.45) is 0 Å². The fraction of sp³-hybridized carbons (Fsp3) is 0.333. The lowest BCUT2D eigenvalue weighted by Crippen LogP contribution is -2.06. The molecule has 6 nitrogen and oxygen atoms in total. The Bertz CT molecular complexity index is 1280. The largest absolute Gasteiger partial charge is 0.493 e. The SMILES string of the molecule is [2H]c1nc(CS(=O)c2nc3ccccc3[nH]2)c(C([2H])([2H])[2H])c(OC([2H])([2H])C([2H])([2H])C([2H])([2H])OC)c1[2H]. The average Bonchev–Trinajstić information content (AvgIpc) is 3.20. The molecule has 132 valence electrons. The zero-order valence-electron chi connectivity index (χ0n) is 24.0. The number of pyridine rings is 1. The normalized spacial score (nSPS) is 21.1. The summed E-state index contributed by atoms with van der Waals surface area (Å²) in [4.78, 5) is 10.8. The molecule has 0 aliphatic carbocycles. The Labute approximate surface area is 164 Å². The van der Waals surface area contributed by atoms with Gasteiger partial charge in [0.1, 0.15) is 5.75 Å². The van der Waals surface area contributed by atoms with Crippen molar-refractivity contribution in [1.82, 2.24) is 15.0 Å². The lowest BCUT2D eigenvalue weighted by atomic mass is 10.2. The number of ether oxygens (including phenoxy) is 2. The molecule has 0 aliphatic heterocycles. The first-order valence-electron chi connectivity index (χ1n) is 12.5. The van der Waals surface area contributed by atoms with Crippen molar-refractivity contribution in [1.29, 1.82) is 0 Å². The van der Waals surface area contributed by atoms with Gasteiger partial charge in [-0.1, -0.05) is 12.1 Å². The van der Waals surface area contributed by atoms with Gasteiger partial charge < -0.3 is 14.5 Å². The van der Waals surface area contributed by atoms with Gasteiger partial charge in [-0.15, -0.1) is 0 Å². The van der Waals surface area contributed by atoms with Crippen LogP contribution in [-0.4, -0.2) is 39.4 Å². The number of hydrogen-bond donors (Lipinski definition) is 1. The van der Waals surface area contributed by atoms with Gasteiger partial charge in [-0.2, -0.15) is 0 Å². The van der Waals surface area contributed by atoms with Gasteiger partial charge in [-0.05, 0) is 25.0 Å². The highest BCUT2D eigenvalue weighted by molar-refractivity contribution is 7.84. The number of hydrogen-bond acceptors (Lipinski definition) is 5. The zero-order valence-corrected chi connectivity index (χ0v) is 13.9. The standard InChI is InChI=1S/C18H21N3O3S/c1-13-16(19-9-8-17(13)24-11-5-10-23-2)12-25(22)18-20-14-6-3-4-7-15(14)21-18/h3-4,6-9H,5,10-12H2,1-2H3,(H,20,21)/i1D3,5D2,8D,9D,10D2,11D2. The third-order valence-corrected chi connectivity index (χ3v) is 4.24. The maximum absolute atomic E-state index is 13.0. The molecule has 0 amide bonds. The minimum atomic E-state index is -3.58. The molecule has 0 spiro atoms. The van der Waals surface area contributed by atoms with E-state index < -0.39 is 72.1 Å². The number of aromatic nitrogens is 3. The molecule has 3 rings (SSSR count). The summed E-state index contributed by atoms with van der Waals surface area (Å²) in [6.45, 7) is -9.92.